The molecule has 6 nitrogen and oxygen atoms in total. The molecule has 3 N–H and O–H groups in total. The summed E-state index contributed by atoms with van der Waals surface area (Å²) in [5, 5.41) is 6.72. The third kappa shape index (κ3) is 1.25. The quantitative estimate of drug-likeness (QED) is 0.714. The van der Waals surface area contributed by atoms with Gasteiger partial charge in [-0.25, -0.2) is 9.97 Å². The molecule has 3 aromatic rings. The number of aromatic amines is 1. The average molecular weight is 240 g/mol. The third-order valence-electron chi connectivity index (χ3n) is 3.27. The normalized spacial score (nSPS) is 15.3. The standard InChI is InChI=1S/C12H12N6/c13-10-8(6-15-17-10)11-16-9-2-1-5-14-12(9)18(11)7-3-4-7/h1-2,5-7H,3-4H2,(H3,13,15,17). The first-order chi connectivity index (χ1) is 8.84. The minimum Gasteiger partial charge on any atom is -0.383 e. The Balaban J connectivity index is 2.05. The lowest BCUT2D eigenvalue weighted by Crippen LogP contribution is -1.99. The molecule has 3 aromatic heterocycles. The van der Waals surface area contributed by atoms with E-state index in [0.29, 0.717) is 11.9 Å². The molecule has 4 rings (SSSR count). The SMILES string of the molecule is Nc1[nH]ncc1-c1nc2cccnc2n1C1CC1. The predicted molar refractivity (Wildman–Crippen MR) is 67.8 cm³/mol. The van der Waals surface area contributed by atoms with Gasteiger partial charge in [0.15, 0.2) is 5.65 Å². The number of pyridine rings is 1. The van der Waals surface area contributed by atoms with Gasteiger partial charge >= 0.3 is 0 Å². The number of H-pyrrole nitrogens is 1. The molecule has 0 atom stereocenters. The number of nitrogens with two attached hydrogens (primary N) is 1. The molecule has 90 valence electrons. The molecular formula is C12H12N6. The first kappa shape index (κ1) is 9.64. The van der Waals surface area contributed by atoms with Crippen LogP contribution in [0.25, 0.3) is 22.6 Å². The maximum Gasteiger partial charge on any atom is 0.160 e. The molecule has 0 aliphatic heterocycles. The first-order valence-corrected chi connectivity index (χ1v) is 5.97. The van der Waals surface area contributed by atoms with Gasteiger partial charge in [-0.15, -0.1) is 0 Å². The highest BCUT2D eigenvalue weighted by Crippen LogP contribution is 2.41. The fraction of sp³-hybridized carbons (Fsp3) is 0.250. The minimum atomic E-state index is 0.495. The Hall–Kier alpha value is -2.37. The Labute approximate surface area is 103 Å². The van der Waals surface area contributed by atoms with Crippen LogP contribution >= 0.6 is 0 Å². The van der Waals surface area contributed by atoms with Crippen molar-refractivity contribution in [2.45, 2.75) is 18.9 Å². The fourth-order valence-corrected chi connectivity index (χ4v) is 2.27. The number of nitrogens with one attached hydrogen (secondary N) is 1. The number of imidazole rings is 1. The molecule has 3 heterocycles. The molecule has 1 saturated carbocycles. The molecule has 0 radical (unpaired) electrons. The minimum absolute atomic E-state index is 0.495. The first-order valence-electron chi connectivity index (χ1n) is 5.97. The van der Waals surface area contributed by atoms with Crippen LogP contribution in [0.15, 0.2) is 24.5 Å². The van der Waals surface area contributed by atoms with E-state index in [1.54, 1.807) is 12.4 Å². The van der Waals surface area contributed by atoms with Crippen molar-refractivity contribution < 1.29 is 0 Å². The van der Waals surface area contributed by atoms with Crippen molar-refractivity contribution in [3.8, 4) is 11.4 Å². The second-order valence-corrected chi connectivity index (χ2v) is 4.58. The van der Waals surface area contributed by atoms with Gasteiger partial charge < -0.3 is 10.3 Å². The van der Waals surface area contributed by atoms with Gasteiger partial charge in [-0.3, -0.25) is 5.10 Å². The van der Waals surface area contributed by atoms with Crippen molar-refractivity contribution in [3.05, 3.63) is 24.5 Å². The van der Waals surface area contributed by atoms with Crippen LogP contribution in [-0.2, 0) is 0 Å². The average Bonchev–Trinajstić information content (AvgIpc) is 3.01. The fourth-order valence-electron chi connectivity index (χ4n) is 2.27. The van der Waals surface area contributed by atoms with Crippen LogP contribution in [0.5, 0.6) is 0 Å². The highest BCUT2D eigenvalue weighted by molar-refractivity contribution is 5.80. The van der Waals surface area contributed by atoms with Gasteiger partial charge in [0.05, 0.1) is 11.8 Å². The lowest BCUT2D eigenvalue weighted by Gasteiger charge is -2.05. The van der Waals surface area contributed by atoms with Crippen LogP contribution in [0.1, 0.15) is 18.9 Å². The summed E-state index contributed by atoms with van der Waals surface area (Å²) in [6, 6.07) is 4.37. The number of anilines is 1. The zero-order valence-corrected chi connectivity index (χ0v) is 9.67. The monoisotopic (exact) mass is 240 g/mol. The van der Waals surface area contributed by atoms with E-state index in [1.807, 2.05) is 12.1 Å². The molecular weight excluding hydrogens is 228 g/mol. The van der Waals surface area contributed by atoms with E-state index in [-0.39, 0.29) is 0 Å². The summed E-state index contributed by atoms with van der Waals surface area (Å²) < 4.78 is 2.18. The third-order valence-corrected chi connectivity index (χ3v) is 3.27. The largest absolute Gasteiger partial charge is 0.383 e. The lowest BCUT2D eigenvalue weighted by molar-refractivity contribution is 0.767. The topological polar surface area (TPSA) is 85.4 Å². The highest BCUT2D eigenvalue weighted by Gasteiger charge is 2.30. The van der Waals surface area contributed by atoms with E-state index in [4.69, 9.17) is 5.73 Å². The molecule has 18 heavy (non-hydrogen) atoms. The number of nitrogens with zero attached hydrogens (tertiary/aromatic N) is 4. The van der Waals surface area contributed by atoms with E-state index in [0.717, 1.165) is 22.6 Å². The van der Waals surface area contributed by atoms with Crippen molar-refractivity contribution in [1.82, 2.24) is 24.7 Å². The summed E-state index contributed by atoms with van der Waals surface area (Å²) in [6.45, 7) is 0. The Morgan fingerprint density at radius 3 is 3.00 bits per heavy atom. The zero-order valence-electron chi connectivity index (χ0n) is 9.67. The molecule has 0 bridgehead atoms. The van der Waals surface area contributed by atoms with E-state index in [1.165, 1.54) is 12.8 Å². The van der Waals surface area contributed by atoms with Crippen LogP contribution < -0.4 is 5.73 Å². The Bertz CT molecular complexity index is 721. The molecule has 1 fully saturated rings. The van der Waals surface area contributed by atoms with Crippen molar-refractivity contribution in [3.63, 3.8) is 0 Å². The van der Waals surface area contributed by atoms with E-state index < -0.39 is 0 Å². The van der Waals surface area contributed by atoms with Crippen molar-refractivity contribution in [1.29, 1.82) is 0 Å². The lowest BCUT2D eigenvalue weighted by atomic mass is 10.3. The van der Waals surface area contributed by atoms with Gasteiger partial charge in [0.2, 0.25) is 0 Å². The molecule has 0 unspecified atom stereocenters. The molecule has 1 aliphatic carbocycles. The zero-order chi connectivity index (χ0) is 12.1. The van der Waals surface area contributed by atoms with Crippen molar-refractivity contribution in [2.75, 3.05) is 5.73 Å². The molecule has 6 heteroatoms. The summed E-state index contributed by atoms with van der Waals surface area (Å²) in [7, 11) is 0. The summed E-state index contributed by atoms with van der Waals surface area (Å²) in [5.41, 5.74) is 8.57. The maximum atomic E-state index is 5.89. The maximum absolute atomic E-state index is 5.89. The number of fused-ring (bicyclic) bond motifs is 1. The van der Waals surface area contributed by atoms with Crippen molar-refractivity contribution >= 4 is 17.0 Å². The van der Waals surface area contributed by atoms with Gasteiger partial charge in [0.1, 0.15) is 17.2 Å². The summed E-state index contributed by atoms with van der Waals surface area (Å²) in [6.07, 6.45) is 5.86. The Morgan fingerprint density at radius 2 is 2.28 bits per heavy atom. The van der Waals surface area contributed by atoms with Gasteiger partial charge in [-0.1, -0.05) is 0 Å². The molecule has 0 amide bonds. The van der Waals surface area contributed by atoms with Crippen LogP contribution in [0.2, 0.25) is 0 Å². The smallest absolute Gasteiger partial charge is 0.160 e. The number of nitrogen functional groups attached to an aromatic ring is 1. The van der Waals surface area contributed by atoms with Gasteiger partial charge in [-0.2, -0.15) is 5.10 Å². The molecule has 0 aromatic carbocycles. The Kier molecular flexibility index (Phi) is 1.78. The second-order valence-electron chi connectivity index (χ2n) is 4.58. The summed E-state index contributed by atoms with van der Waals surface area (Å²) in [4.78, 5) is 9.07. The number of hydrogen-bond acceptors (Lipinski definition) is 4. The van der Waals surface area contributed by atoms with Gasteiger partial charge in [0.25, 0.3) is 0 Å². The van der Waals surface area contributed by atoms with E-state index in [2.05, 4.69) is 24.7 Å². The molecule has 0 saturated heterocycles. The highest BCUT2D eigenvalue weighted by atomic mass is 15.2. The number of hydrogen-bond donors (Lipinski definition) is 2. The van der Waals surface area contributed by atoms with Crippen molar-refractivity contribution in [2.24, 2.45) is 0 Å². The molecule has 1 aliphatic rings. The van der Waals surface area contributed by atoms with Crippen LogP contribution in [0, 0.1) is 0 Å². The van der Waals surface area contributed by atoms with Crippen LogP contribution in [0.3, 0.4) is 0 Å². The Morgan fingerprint density at radius 1 is 1.39 bits per heavy atom. The summed E-state index contributed by atoms with van der Waals surface area (Å²) >= 11 is 0. The summed E-state index contributed by atoms with van der Waals surface area (Å²) in [5.74, 6) is 1.41. The van der Waals surface area contributed by atoms with Gasteiger partial charge in [-0.05, 0) is 25.0 Å². The van der Waals surface area contributed by atoms with E-state index in [9.17, 15) is 0 Å². The number of aromatic nitrogens is 5. The molecule has 0 spiro atoms. The van der Waals surface area contributed by atoms with Gasteiger partial charge in [0, 0.05) is 12.2 Å². The predicted octanol–water partition coefficient (Wildman–Crippen LogP) is 1.74. The second kappa shape index (κ2) is 3.32. The van der Waals surface area contributed by atoms with Crippen LogP contribution in [-0.4, -0.2) is 24.7 Å². The number of rotatable bonds is 2. The van der Waals surface area contributed by atoms with Crippen LogP contribution in [0.4, 0.5) is 5.82 Å². The van der Waals surface area contributed by atoms with E-state index >= 15 is 0 Å².